The van der Waals surface area contributed by atoms with Crippen molar-refractivity contribution in [2.45, 2.75) is 71.8 Å². The molecule has 0 radical (unpaired) electrons. The van der Waals surface area contributed by atoms with Crippen molar-refractivity contribution in [2.24, 2.45) is 0 Å². The summed E-state index contributed by atoms with van der Waals surface area (Å²) < 4.78 is 6.67. The molecule has 0 aromatic carbocycles. The number of unbranched alkanes of at least 4 members (excludes halogenated alkanes) is 7. The first-order chi connectivity index (χ1) is 10.2. The number of esters is 1. The molecule has 1 rings (SSSR count). The van der Waals surface area contributed by atoms with E-state index in [1.807, 2.05) is 0 Å². The minimum absolute atomic E-state index is 0.233. The lowest BCUT2D eigenvalue weighted by Gasteiger charge is -2.02. The Hall–Kier alpha value is -1.52. The molecule has 120 valence electrons. The molecule has 1 aromatic rings. The Balaban J connectivity index is 2.21. The lowest BCUT2D eigenvalue weighted by Crippen LogP contribution is -2.09. The molecule has 0 saturated heterocycles. The van der Waals surface area contributed by atoms with Gasteiger partial charge >= 0.3 is 5.97 Å². The largest absolute Gasteiger partial charge is 0.461 e. The van der Waals surface area contributed by atoms with Crippen LogP contribution in [0.3, 0.4) is 0 Å². The number of hydrogen-bond acceptors (Lipinski definition) is 4. The second-order valence-corrected chi connectivity index (χ2v) is 5.39. The van der Waals surface area contributed by atoms with E-state index in [1.165, 1.54) is 44.9 Å². The Labute approximate surface area is 127 Å². The Kier molecular flexibility index (Phi) is 8.55. The topological polar surface area (TPSA) is 70.1 Å². The summed E-state index contributed by atoms with van der Waals surface area (Å²) in [6.07, 6.45) is 11.9. The van der Waals surface area contributed by atoms with E-state index in [0.29, 0.717) is 12.3 Å². The van der Waals surface area contributed by atoms with E-state index in [0.717, 1.165) is 13.0 Å². The van der Waals surface area contributed by atoms with Gasteiger partial charge in [0.15, 0.2) is 5.69 Å². The van der Waals surface area contributed by atoms with Gasteiger partial charge in [0.1, 0.15) is 0 Å². The van der Waals surface area contributed by atoms with E-state index in [-0.39, 0.29) is 5.69 Å². The van der Waals surface area contributed by atoms with Crippen LogP contribution in [0, 0.1) is 0 Å². The van der Waals surface area contributed by atoms with Crippen LogP contribution in [0.15, 0.2) is 6.20 Å². The number of nitrogens with zero attached hydrogens (tertiary/aromatic N) is 2. The molecule has 0 fully saturated rings. The van der Waals surface area contributed by atoms with Crippen LogP contribution in [0.1, 0.15) is 75.7 Å². The van der Waals surface area contributed by atoms with Crippen molar-refractivity contribution in [3.63, 3.8) is 0 Å². The summed E-state index contributed by atoms with van der Waals surface area (Å²) in [5, 5.41) is 4.20. The zero-order chi connectivity index (χ0) is 15.5. The third kappa shape index (κ3) is 6.65. The number of carbonyl (C=O) groups is 1. The molecule has 0 unspecified atom stereocenters. The second-order valence-electron chi connectivity index (χ2n) is 5.39. The fourth-order valence-corrected chi connectivity index (χ4v) is 2.32. The van der Waals surface area contributed by atoms with Gasteiger partial charge in [0.05, 0.1) is 12.3 Å². The molecule has 0 aliphatic heterocycles. The van der Waals surface area contributed by atoms with Crippen molar-refractivity contribution in [3.05, 3.63) is 11.9 Å². The smallest absolute Gasteiger partial charge is 0.361 e. The van der Waals surface area contributed by atoms with E-state index in [1.54, 1.807) is 17.8 Å². The zero-order valence-corrected chi connectivity index (χ0v) is 13.4. The van der Waals surface area contributed by atoms with Gasteiger partial charge in [-0.1, -0.05) is 51.9 Å². The summed E-state index contributed by atoms with van der Waals surface area (Å²) in [6, 6.07) is 0. The first kappa shape index (κ1) is 17.5. The van der Waals surface area contributed by atoms with Crippen molar-refractivity contribution >= 4 is 11.7 Å². The number of hydrogen-bond donors (Lipinski definition) is 1. The molecule has 0 atom stereocenters. The Morgan fingerprint density at radius 3 is 2.38 bits per heavy atom. The Morgan fingerprint density at radius 1 is 1.14 bits per heavy atom. The molecule has 0 aliphatic rings. The normalized spacial score (nSPS) is 10.8. The van der Waals surface area contributed by atoms with Crippen LogP contribution in [0.4, 0.5) is 5.69 Å². The van der Waals surface area contributed by atoms with Crippen LogP contribution in [0.5, 0.6) is 0 Å². The molecule has 0 bridgehead atoms. The van der Waals surface area contributed by atoms with Crippen LogP contribution in [-0.4, -0.2) is 22.4 Å². The zero-order valence-electron chi connectivity index (χ0n) is 13.4. The summed E-state index contributed by atoms with van der Waals surface area (Å²) in [6.45, 7) is 5.15. The highest BCUT2D eigenvalue weighted by molar-refractivity contribution is 5.92. The van der Waals surface area contributed by atoms with Gasteiger partial charge in [0.2, 0.25) is 0 Å². The van der Waals surface area contributed by atoms with Crippen molar-refractivity contribution in [2.75, 3.05) is 12.3 Å². The van der Waals surface area contributed by atoms with Gasteiger partial charge < -0.3 is 10.5 Å². The Bertz CT molecular complexity index is 416. The molecule has 5 heteroatoms. The molecule has 0 saturated carbocycles. The average Bonchev–Trinajstić information content (AvgIpc) is 2.83. The van der Waals surface area contributed by atoms with E-state index in [4.69, 9.17) is 10.5 Å². The molecule has 5 nitrogen and oxygen atoms in total. The van der Waals surface area contributed by atoms with Gasteiger partial charge in [0.25, 0.3) is 0 Å². The average molecular weight is 295 g/mol. The molecular formula is C16H29N3O2. The first-order valence-electron chi connectivity index (χ1n) is 8.19. The van der Waals surface area contributed by atoms with Crippen LogP contribution >= 0.6 is 0 Å². The minimum Gasteiger partial charge on any atom is -0.461 e. The maximum atomic E-state index is 11.6. The second kappa shape index (κ2) is 10.2. The van der Waals surface area contributed by atoms with Gasteiger partial charge in [-0.3, -0.25) is 4.68 Å². The number of anilines is 1. The number of carbonyl (C=O) groups excluding carboxylic acids is 1. The van der Waals surface area contributed by atoms with Crippen LogP contribution in [0.25, 0.3) is 0 Å². The number of rotatable bonds is 11. The number of aryl methyl sites for hydroxylation is 1. The Morgan fingerprint density at radius 2 is 1.76 bits per heavy atom. The highest BCUT2D eigenvalue weighted by atomic mass is 16.5. The van der Waals surface area contributed by atoms with Crippen molar-refractivity contribution in [1.29, 1.82) is 0 Å². The van der Waals surface area contributed by atoms with Crippen molar-refractivity contribution in [1.82, 2.24) is 9.78 Å². The van der Waals surface area contributed by atoms with Crippen molar-refractivity contribution in [3.8, 4) is 0 Å². The summed E-state index contributed by atoms with van der Waals surface area (Å²) in [4.78, 5) is 11.6. The van der Waals surface area contributed by atoms with E-state index >= 15 is 0 Å². The number of nitrogens with two attached hydrogens (primary N) is 1. The molecule has 2 N–H and O–H groups in total. The highest BCUT2D eigenvalue weighted by Crippen LogP contribution is 2.13. The lowest BCUT2D eigenvalue weighted by molar-refractivity contribution is 0.0519. The van der Waals surface area contributed by atoms with Gasteiger partial charge in [-0.05, 0) is 13.3 Å². The summed E-state index contributed by atoms with van der Waals surface area (Å²) in [5.74, 6) is -0.440. The summed E-state index contributed by atoms with van der Waals surface area (Å²) >= 11 is 0. The molecule has 1 heterocycles. The summed E-state index contributed by atoms with van der Waals surface area (Å²) in [7, 11) is 0. The lowest BCUT2D eigenvalue weighted by atomic mass is 10.1. The predicted octanol–water partition coefficient (Wildman–Crippen LogP) is 3.78. The van der Waals surface area contributed by atoms with Gasteiger partial charge in [0, 0.05) is 12.7 Å². The SMILES string of the molecule is CCCCCCCCCCn1cc(N)c(C(=O)OCC)n1. The molecule has 0 aliphatic carbocycles. The maximum Gasteiger partial charge on any atom is 0.361 e. The molecule has 0 amide bonds. The minimum atomic E-state index is -0.440. The molecule has 1 aromatic heterocycles. The van der Waals surface area contributed by atoms with Crippen LogP contribution in [-0.2, 0) is 11.3 Å². The van der Waals surface area contributed by atoms with Gasteiger partial charge in [-0.15, -0.1) is 0 Å². The molecule has 21 heavy (non-hydrogen) atoms. The third-order valence-electron chi connectivity index (χ3n) is 3.50. The third-order valence-corrected chi connectivity index (χ3v) is 3.50. The van der Waals surface area contributed by atoms with Crippen molar-refractivity contribution < 1.29 is 9.53 Å². The molecular weight excluding hydrogens is 266 g/mol. The summed E-state index contributed by atoms with van der Waals surface area (Å²) in [5.41, 5.74) is 6.42. The monoisotopic (exact) mass is 295 g/mol. The first-order valence-corrected chi connectivity index (χ1v) is 8.19. The maximum absolute atomic E-state index is 11.6. The molecule has 0 spiro atoms. The number of aromatic nitrogens is 2. The fourth-order valence-electron chi connectivity index (χ4n) is 2.32. The van der Waals surface area contributed by atoms with Crippen LogP contribution in [0.2, 0.25) is 0 Å². The van der Waals surface area contributed by atoms with Crippen LogP contribution < -0.4 is 5.73 Å². The highest BCUT2D eigenvalue weighted by Gasteiger charge is 2.15. The number of nitrogen functional groups attached to an aromatic ring is 1. The fraction of sp³-hybridized carbons (Fsp3) is 0.750. The van der Waals surface area contributed by atoms with E-state index < -0.39 is 5.97 Å². The predicted molar refractivity (Wildman–Crippen MR) is 85.2 cm³/mol. The quantitative estimate of drug-likeness (QED) is 0.498. The van der Waals surface area contributed by atoms with E-state index in [2.05, 4.69) is 12.0 Å². The van der Waals surface area contributed by atoms with E-state index in [9.17, 15) is 4.79 Å². The van der Waals surface area contributed by atoms with Gasteiger partial charge in [-0.2, -0.15) is 5.10 Å². The standard InChI is InChI=1S/C16H29N3O2/c1-3-5-6-7-8-9-10-11-12-19-13-14(17)15(18-19)16(20)21-4-2/h13H,3-12,17H2,1-2H3. The van der Waals surface area contributed by atoms with Gasteiger partial charge in [-0.25, -0.2) is 4.79 Å². The number of ether oxygens (including phenoxy) is 1.